The Kier molecular flexibility index (Phi) is 5.59. The van der Waals surface area contributed by atoms with Crippen LogP contribution < -0.4 is 0 Å². The molecule has 0 unspecified atom stereocenters. The first kappa shape index (κ1) is 25.5. The van der Waals surface area contributed by atoms with Crippen LogP contribution in [0.2, 0.25) is 0 Å². The van der Waals surface area contributed by atoms with E-state index < -0.39 is 5.60 Å². The van der Waals surface area contributed by atoms with Crippen molar-refractivity contribution in [2.75, 3.05) is 0 Å². The number of ether oxygens (including phenoxy) is 1. The lowest BCUT2D eigenvalue weighted by Gasteiger charge is -2.70. The summed E-state index contributed by atoms with van der Waals surface area (Å²) in [5.74, 6) is 1.25. The van der Waals surface area contributed by atoms with E-state index in [1.165, 1.54) is 12.8 Å². The van der Waals surface area contributed by atoms with Crippen LogP contribution in [0.3, 0.4) is 0 Å². The highest BCUT2D eigenvalue weighted by molar-refractivity contribution is 5.20. The third kappa shape index (κ3) is 3.30. The van der Waals surface area contributed by atoms with Crippen LogP contribution in [0, 0.1) is 45.3 Å². The molecule has 0 aromatic carbocycles. The molecule has 0 aromatic heterocycles. The molecule has 4 saturated carbocycles. The summed E-state index contributed by atoms with van der Waals surface area (Å²) in [5.41, 5.74) is -0.536. The molecule has 4 nitrogen and oxygen atoms in total. The molecular weight excluding hydrogens is 424 g/mol. The second-order valence-electron chi connectivity index (χ2n) is 15.4. The Labute approximate surface area is 208 Å². The minimum absolute atomic E-state index is 0.0352. The molecule has 1 saturated heterocycles. The average molecular weight is 477 g/mol. The molecule has 5 fully saturated rings. The molecule has 0 aromatic rings. The predicted octanol–water partition coefficient (Wildman–Crippen LogP) is 5.71. The predicted molar refractivity (Wildman–Crippen MR) is 135 cm³/mol. The summed E-state index contributed by atoms with van der Waals surface area (Å²) in [4.78, 5) is 0. The van der Waals surface area contributed by atoms with Crippen LogP contribution in [0.25, 0.3) is 0 Å². The lowest BCUT2D eigenvalue weighted by atomic mass is 9.35. The molecule has 5 aliphatic rings. The van der Waals surface area contributed by atoms with Crippen LogP contribution in [0.1, 0.15) is 113 Å². The second kappa shape index (κ2) is 7.45. The second-order valence-corrected chi connectivity index (χ2v) is 15.4. The molecule has 34 heavy (non-hydrogen) atoms. The summed E-state index contributed by atoms with van der Waals surface area (Å²) in [6, 6.07) is 0. The van der Waals surface area contributed by atoms with E-state index in [1.807, 2.05) is 6.92 Å². The molecule has 0 bridgehead atoms. The lowest BCUT2D eigenvalue weighted by molar-refractivity contribution is -0.246. The Balaban J connectivity index is 1.43. The van der Waals surface area contributed by atoms with Crippen LogP contribution in [0.4, 0.5) is 0 Å². The third-order valence-electron chi connectivity index (χ3n) is 13.2. The van der Waals surface area contributed by atoms with E-state index in [9.17, 15) is 15.3 Å². The lowest BCUT2D eigenvalue weighted by Crippen LogP contribution is -2.66. The SMILES string of the molecule is CC1(C)O[C@H]1CC[C@](C)(O)[C@H]1CC[C@]2(C)[C@@H]1[C@H](O)C[C@@H]1[C@@]3(C)CC[C@H](O)C(C)(C)[C@@H]3CC[C@]12C. The number of hydrogen-bond donors (Lipinski definition) is 3. The van der Waals surface area contributed by atoms with E-state index >= 15 is 0 Å². The van der Waals surface area contributed by atoms with Crippen LogP contribution in [0.15, 0.2) is 0 Å². The largest absolute Gasteiger partial charge is 0.393 e. The van der Waals surface area contributed by atoms with Gasteiger partial charge in [-0.15, -0.1) is 0 Å². The highest BCUT2D eigenvalue weighted by Crippen LogP contribution is 2.75. The van der Waals surface area contributed by atoms with Crippen molar-refractivity contribution in [3.8, 4) is 0 Å². The van der Waals surface area contributed by atoms with Crippen molar-refractivity contribution in [3.63, 3.8) is 0 Å². The van der Waals surface area contributed by atoms with Crippen LogP contribution in [-0.2, 0) is 4.74 Å². The van der Waals surface area contributed by atoms with Crippen molar-refractivity contribution < 1.29 is 20.1 Å². The van der Waals surface area contributed by atoms with Gasteiger partial charge in [0.05, 0.1) is 29.5 Å². The first-order chi connectivity index (χ1) is 15.5. The molecule has 0 amide bonds. The standard InChI is InChI=1S/C30H52O4/c1-25(2)20-10-15-28(6)21(27(20,5)13-11-22(25)32)17-19(31)24-18(9-14-29(24,28)7)30(8,33)16-12-23-26(3,4)34-23/h18-24,31-33H,9-17H2,1-8H3/t18-,19+,20-,21+,22-,23-,24-,27-,28+,29+,30-/m0/s1. The minimum atomic E-state index is -0.771. The van der Waals surface area contributed by atoms with E-state index in [1.54, 1.807) is 0 Å². The molecule has 1 heterocycles. The van der Waals surface area contributed by atoms with Gasteiger partial charge in [0.1, 0.15) is 0 Å². The Morgan fingerprint density at radius 3 is 2.09 bits per heavy atom. The van der Waals surface area contributed by atoms with Gasteiger partial charge < -0.3 is 20.1 Å². The van der Waals surface area contributed by atoms with Crippen LogP contribution >= 0.6 is 0 Å². The summed E-state index contributed by atoms with van der Waals surface area (Å²) in [7, 11) is 0. The first-order valence-corrected chi connectivity index (χ1v) is 14.3. The number of rotatable bonds is 4. The van der Waals surface area contributed by atoms with Gasteiger partial charge in [-0.1, -0.05) is 34.6 Å². The molecule has 196 valence electrons. The van der Waals surface area contributed by atoms with E-state index in [4.69, 9.17) is 4.74 Å². The summed E-state index contributed by atoms with van der Waals surface area (Å²) in [5, 5.41) is 34.4. The number of hydrogen-bond acceptors (Lipinski definition) is 4. The van der Waals surface area contributed by atoms with Gasteiger partial charge in [0, 0.05) is 0 Å². The fourth-order valence-electron chi connectivity index (χ4n) is 10.8. The fraction of sp³-hybridized carbons (Fsp3) is 1.00. The molecular formula is C30H52O4. The van der Waals surface area contributed by atoms with Crippen LogP contribution in [0.5, 0.6) is 0 Å². The van der Waals surface area contributed by atoms with Gasteiger partial charge in [0.15, 0.2) is 0 Å². The molecule has 4 aliphatic carbocycles. The maximum Gasteiger partial charge on any atom is 0.0892 e. The summed E-state index contributed by atoms with van der Waals surface area (Å²) >= 11 is 0. The zero-order valence-corrected chi connectivity index (χ0v) is 23.2. The van der Waals surface area contributed by atoms with Gasteiger partial charge in [0.2, 0.25) is 0 Å². The van der Waals surface area contributed by atoms with E-state index in [-0.39, 0.29) is 57.4 Å². The maximum absolute atomic E-state index is 11.8. The quantitative estimate of drug-likeness (QED) is 0.454. The Morgan fingerprint density at radius 2 is 1.47 bits per heavy atom. The zero-order chi connectivity index (χ0) is 25.1. The number of fused-ring (bicyclic) bond motifs is 5. The van der Waals surface area contributed by atoms with E-state index in [0.717, 1.165) is 44.9 Å². The highest BCUT2D eigenvalue weighted by Gasteiger charge is 2.71. The molecule has 4 heteroatoms. The van der Waals surface area contributed by atoms with Crippen molar-refractivity contribution in [1.82, 2.24) is 0 Å². The Bertz CT molecular complexity index is 819. The monoisotopic (exact) mass is 476 g/mol. The summed E-state index contributed by atoms with van der Waals surface area (Å²) in [6.45, 7) is 18.3. The van der Waals surface area contributed by atoms with Crippen LogP contribution in [-0.4, -0.2) is 44.8 Å². The Morgan fingerprint density at radius 1 is 0.853 bits per heavy atom. The van der Waals surface area contributed by atoms with Crippen molar-refractivity contribution in [2.24, 2.45) is 45.3 Å². The van der Waals surface area contributed by atoms with Crippen molar-refractivity contribution in [1.29, 1.82) is 0 Å². The van der Waals surface area contributed by atoms with Gasteiger partial charge in [-0.2, -0.15) is 0 Å². The van der Waals surface area contributed by atoms with Gasteiger partial charge in [-0.25, -0.2) is 0 Å². The zero-order valence-electron chi connectivity index (χ0n) is 23.2. The summed E-state index contributed by atoms with van der Waals surface area (Å²) < 4.78 is 5.80. The van der Waals surface area contributed by atoms with Gasteiger partial charge in [-0.05, 0) is 124 Å². The average Bonchev–Trinajstić information content (AvgIpc) is 3.15. The molecule has 1 aliphatic heterocycles. The molecule has 0 spiro atoms. The molecule has 3 N–H and O–H groups in total. The topological polar surface area (TPSA) is 73.2 Å². The highest BCUT2D eigenvalue weighted by atomic mass is 16.6. The number of epoxide rings is 1. The first-order valence-electron chi connectivity index (χ1n) is 14.3. The van der Waals surface area contributed by atoms with Crippen molar-refractivity contribution in [3.05, 3.63) is 0 Å². The van der Waals surface area contributed by atoms with E-state index in [0.29, 0.717) is 11.8 Å². The number of aliphatic hydroxyl groups excluding tert-OH is 2. The van der Waals surface area contributed by atoms with E-state index in [2.05, 4.69) is 48.5 Å². The fourth-order valence-corrected chi connectivity index (χ4v) is 10.8. The van der Waals surface area contributed by atoms with Crippen molar-refractivity contribution >= 4 is 0 Å². The van der Waals surface area contributed by atoms with Gasteiger partial charge in [-0.3, -0.25) is 0 Å². The normalized spacial score (nSPS) is 55.0. The third-order valence-corrected chi connectivity index (χ3v) is 13.2. The molecule has 0 radical (unpaired) electrons. The Hall–Kier alpha value is -0.160. The van der Waals surface area contributed by atoms with Gasteiger partial charge in [0.25, 0.3) is 0 Å². The summed E-state index contributed by atoms with van der Waals surface area (Å²) in [6.07, 6.45) is 8.55. The molecule has 5 rings (SSSR count). The molecule has 11 atom stereocenters. The smallest absolute Gasteiger partial charge is 0.0892 e. The van der Waals surface area contributed by atoms with Gasteiger partial charge >= 0.3 is 0 Å². The minimum Gasteiger partial charge on any atom is -0.393 e. The number of aliphatic hydroxyl groups is 3. The van der Waals surface area contributed by atoms with Crippen molar-refractivity contribution in [2.45, 2.75) is 143 Å². The maximum atomic E-state index is 11.8.